The molecule has 2 heterocycles. The molecule has 0 aromatic heterocycles. The summed E-state index contributed by atoms with van der Waals surface area (Å²) in [5.74, 6) is 0.256. The van der Waals surface area contributed by atoms with Gasteiger partial charge in [-0.05, 0) is 36.0 Å². The second-order valence-electron chi connectivity index (χ2n) is 7.34. The molecular formula is C21H26N2O3S2. The summed E-state index contributed by atoms with van der Waals surface area (Å²) in [5, 5.41) is 2.88. The van der Waals surface area contributed by atoms with Gasteiger partial charge >= 0.3 is 0 Å². The molecule has 0 radical (unpaired) electrons. The Morgan fingerprint density at radius 3 is 2.79 bits per heavy atom. The molecule has 2 saturated heterocycles. The van der Waals surface area contributed by atoms with Gasteiger partial charge in [-0.3, -0.25) is 14.5 Å². The van der Waals surface area contributed by atoms with Gasteiger partial charge in [0, 0.05) is 26.1 Å². The Hall–Kier alpha value is -1.70. The molecule has 0 aliphatic carbocycles. The van der Waals surface area contributed by atoms with Crippen molar-refractivity contribution in [1.82, 2.24) is 10.2 Å². The van der Waals surface area contributed by atoms with Gasteiger partial charge in [-0.1, -0.05) is 62.1 Å². The van der Waals surface area contributed by atoms with Crippen LogP contribution in [0.3, 0.4) is 0 Å². The Morgan fingerprint density at radius 1 is 1.39 bits per heavy atom. The van der Waals surface area contributed by atoms with Crippen LogP contribution < -0.4 is 5.32 Å². The van der Waals surface area contributed by atoms with Gasteiger partial charge in [0.25, 0.3) is 5.91 Å². The van der Waals surface area contributed by atoms with Gasteiger partial charge in [0.2, 0.25) is 5.91 Å². The number of carbonyl (C=O) groups is 2. The van der Waals surface area contributed by atoms with Crippen LogP contribution in [0.1, 0.15) is 50.2 Å². The first-order valence-corrected chi connectivity index (χ1v) is 10.9. The second kappa shape index (κ2) is 9.67. The number of rotatable bonds is 7. The number of thiocarbonyl (C=S) groups is 1. The molecule has 1 atom stereocenters. The average molecular weight is 419 g/mol. The van der Waals surface area contributed by atoms with Crippen LogP contribution in [0.4, 0.5) is 0 Å². The standard InChI is InChI=1S/C21H26N2O3S2/c1-14(2)16-7-5-15(6-8-16)12-18-20(25)23(21(27)28-18)10-9-19(24)22-13-17-4-3-11-26-17/h5-8,12,14,17H,3-4,9-11,13H2,1-2H3,(H,22,24)/b18-12-/t17-/m0/s1. The highest BCUT2D eigenvalue weighted by Crippen LogP contribution is 2.32. The van der Waals surface area contributed by atoms with E-state index in [4.69, 9.17) is 17.0 Å². The van der Waals surface area contributed by atoms with Crippen molar-refractivity contribution in [3.8, 4) is 0 Å². The fourth-order valence-corrected chi connectivity index (χ4v) is 4.46. The number of hydrogen-bond acceptors (Lipinski definition) is 5. The van der Waals surface area contributed by atoms with Crippen LogP contribution in [0.25, 0.3) is 6.08 Å². The quantitative estimate of drug-likeness (QED) is 0.541. The van der Waals surface area contributed by atoms with Crippen LogP contribution in [0.2, 0.25) is 0 Å². The van der Waals surface area contributed by atoms with Crippen LogP contribution >= 0.6 is 24.0 Å². The van der Waals surface area contributed by atoms with Crippen LogP contribution in [-0.4, -0.2) is 46.8 Å². The zero-order chi connectivity index (χ0) is 20.1. The minimum atomic E-state index is -0.130. The van der Waals surface area contributed by atoms with Crippen molar-refractivity contribution in [2.75, 3.05) is 19.7 Å². The fourth-order valence-electron chi connectivity index (χ4n) is 3.16. The number of nitrogens with one attached hydrogen (secondary N) is 1. The molecule has 5 nitrogen and oxygen atoms in total. The maximum Gasteiger partial charge on any atom is 0.266 e. The van der Waals surface area contributed by atoms with E-state index in [0.29, 0.717) is 28.2 Å². The Balaban J connectivity index is 1.53. The summed E-state index contributed by atoms with van der Waals surface area (Å²) in [6, 6.07) is 8.19. The number of benzene rings is 1. The number of amides is 2. The minimum Gasteiger partial charge on any atom is -0.376 e. The molecule has 0 saturated carbocycles. The van der Waals surface area contributed by atoms with Crippen molar-refractivity contribution in [2.45, 2.75) is 45.1 Å². The Morgan fingerprint density at radius 2 is 2.14 bits per heavy atom. The summed E-state index contributed by atoms with van der Waals surface area (Å²) in [6.07, 6.45) is 4.24. The van der Waals surface area contributed by atoms with Crippen LogP contribution in [0.5, 0.6) is 0 Å². The molecule has 7 heteroatoms. The van der Waals surface area contributed by atoms with Crippen molar-refractivity contribution in [3.63, 3.8) is 0 Å². The minimum absolute atomic E-state index is 0.0854. The lowest BCUT2D eigenvalue weighted by Gasteiger charge is -2.15. The van der Waals surface area contributed by atoms with E-state index in [1.807, 2.05) is 18.2 Å². The molecule has 1 N–H and O–H groups in total. The number of hydrogen-bond donors (Lipinski definition) is 1. The van der Waals surface area contributed by atoms with Crippen molar-refractivity contribution >= 4 is 46.2 Å². The summed E-state index contributed by atoms with van der Waals surface area (Å²) in [5.41, 5.74) is 2.23. The van der Waals surface area contributed by atoms with E-state index in [9.17, 15) is 9.59 Å². The molecule has 3 rings (SSSR count). The monoisotopic (exact) mass is 418 g/mol. The van der Waals surface area contributed by atoms with E-state index in [1.54, 1.807) is 0 Å². The van der Waals surface area contributed by atoms with E-state index in [0.717, 1.165) is 25.0 Å². The lowest BCUT2D eigenvalue weighted by atomic mass is 10.0. The van der Waals surface area contributed by atoms with Gasteiger partial charge in [0.1, 0.15) is 4.32 Å². The molecule has 0 spiro atoms. The highest BCUT2D eigenvalue weighted by Gasteiger charge is 2.32. The highest BCUT2D eigenvalue weighted by atomic mass is 32.2. The Bertz CT molecular complexity index is 768. The molecule has 2 aliphatic rings. The topological polar surface area (TPSA) is 58.6 Å². The molecular weight excluding hydrogens is 392 g/mol. The predicted molar refractivity (Wildman–Crippen MR) is 117 cm³/mol. The van der Waals surface area contributed by atoms with Gasteiger partial charge in [0.15, 0.2) is 0 Å². The molecule has 150 valence electrons. The van der Waals surface area contributed by atoms with Gasteiger partial charge in [-0.2, -0.15) is 0 Å². The molecule has 1 aromatic rings. The van der Waals surface area contributed by atoms with Gasteiger partial charge in [0.05, 0.1) is 11.0 Å². The van der Waals surface area contributed by atoms with Gasteiger partial charge in [-0.25, -0.2) is 0 Å². The van der Waals surface area contributed by atoms with E-state index in [-0.39, 0.29) is 24.3 Å². The molecule has 28 heavy (non-hydrogen) atoms. The third-order valence-electron chi connectivity index (χ3n) is 4.89. The Labute approximate surface area is 175 Å². The van der Waals surface area contributed by atoms with Crippen molar-refractivity contribution in [3.05, 3.63) is 40.3 Å². The molecule has 1 aromatic carbocycles. The maximum atomic E-state index is 12.7. The zero-order valence-electron chi connectivity index (χ0n) is 16.3. The smallest absolute Gasteiger partial charge is 0.266 e. The van der Waals surface area contributed by atoms with E-state index in [2.05, 4.69) is 31.3 Å². The van der Waals surface area contributed by atoms with E-state index < -0.39 is 0 Å². The van der Waals surface area contributed by atoms with Crippen molar-refractivity contribution in [1.29, 1.82) is 0 Å². The normalized spacial score (nSPS) is 21.2. The summed E-state index contributed by atoms with van der Waals surface area (Å²) in [7, 11) is 0. The summed E-state index contributed by atoms with van der Waals surface area (Å²) in [6.45, 7) is 5.90. The predicted octanol–water partition coefficient (Wildman–Crippen LogP) is 3.70. The van der Waals surface area contributed by atoms with Gasteiger partial charge in [-0.15, -0.1) is 0 Å². The Kier molecular flexibility index (Phi) is 7.26. The zero-order valence-corrected chi connectivity index (χ0v) is 17.9. The SMILES string of the molecule is CC(C)c1ccc(/C=C2\SC(=S)N(CCC(=O)NC[C@@H]3CCCO3)C2=O)cc1. The second-order valence-corrected chi connectivity index (χ2v) is 9.02. The molecule has 2 fully saturated rings. The first-order chi connectivity index (χ1) is 13.4. The van der Waals surface area contributed by atoms with Crippen molar-refractivity contribution < 1.29 is 14.3 Å². The largest absolute Gasteiger partial charge is 0.376 e. The highest BCUT2D eigenvalue weighted by molar-refractivity contribution is 8.26. The first kappa shape index (κ1) is 21.0. The summed E-state index contributed by atoms with van der Waals surface area (Å²) < 4.78 is 6.00. The molecule has 0 bridgehead atoms. The number of thioether (sulfide) groups is 1. The number of nitrogens with zero attached hydrogens (tertiary/aromatic N) is 1. The average Bonchev–Trinajstić information content (AvgIpc) is 3.28. The number of ether oxygens (including phenoxy) is 1. The molecule has 0 unspecified atom stereocenters. The fraction of sp³-hybridized carbons (Fsp3) is 0.476. The third kappa shape index (κ3) is 5.43. The number of carbonyl (C=O) groups excluding carboxylic acids is 2. The van der Waals surface area contributed by atoms with Crippen LogP contribution in [0.15, 0.2) is 29.2 Å². The summed E-state index contributed by atoms with van der Waals surface area (Å²) in [4.78, 5) is 26.8. The van der Waals surface area contributed by atoms with Crippen LogP contribution in [-0.2, 0) is 14.3 Å². The van der Waals surface area contributed by atoms with Crippen LogP contribution in [0, 0.1) is 0 Å². The summed E-state index contributed by atoms with van der Waals surface area (Å²) >= 11 is 6.64. The van der Waals surface area contributed by atoms with E-state index in [1.165, 1.54) is 22.2 Å². The lowest BCUT2D eigenvalue weighted by molar-refractivity contribution is -0.124. The third-order valence-corrected chi connectivity index (χ3v) is 6.27. The van der Waals surface area contributed by atoms with Gasteiger partial charge < -0.3 is 10.1 Å². The maximum absolute atomic E-state index is 12.7. The van der Waals surface area contributed by atoms with Crippen molar-refractivity contribution in [2.24, 2.45) is 0 Å². The lowest BCUT2D eigenvalue weighted by Crippen LogP contribution is -2.36. The van der Waals surface area contributed by atoms with E-state index >= 15 is 0 Å². The molecule has 2 amide bonds. The molecule has 2 aliphatic heterocycles. The first-order valence-electron chi connectivity index (χ1n) is 9.67.